The van der Waals surface area contributed by atoms with Gasteiger partial charge < -0.3 is 9.08 Å². The van der Waals surface area contributed by atoms with E-state index in [0.29, 0.717) is 0 Å². The standard InChI is InChI=1S/C14H27BO2Si/c1-13(2,14(3,4)17-18(5,6)7)16-15-11-9-8-10-12-15/h8-11H,12H2,1-7H3. The molecule has 4 heteroatoms. The summed E-state index contributed by atoms with van der Waals surface area (Å²) in [6.07, 6.45) is 7.21. The van der Waals surface area contributed by atoms with Crippen LogP contribution in [0.5, 0.6) is 0 Å². The van der Waals surface area contributed by atoms with Gasteiger partial charge in [-0.3, -0.25) is 0 Å². The molecular weight excluding hydrogens is 239 g/mol. The smallest absolute Gasteiger partial charge is 0.323 e. The van der Waals surface area contributed by atoms with Crippen LogP contribution in [0.3, 0.4) is 0 Å². The molecule has 0 bridgehead atoms. The molecule has 0 aromatic carbocycles. The van der Waals surface area contributed by atoms with E-state index < -0.39 is 8.32 Å². The van der Waals surface area contributed by atoms with Crippen molar-refractivity contribution in [2.24, 2.45) is 0 Å². The zero-order valence-corrected chi connectivity index (χ0v) is 13.9. The molecule has 2 nitrogen and oxygen atoms in total. The normalized spacial score (nSPS) is 17.4. The van der Waals surface area contributed by atoms with Crippen molar-refractivity contribution in [3.63, 3.8) is 0 Å². The first-order chi connectivity index (χ1) is 8.04. The quantitative estimate of drug-likeness (QED) is 0.698. The average molecular weight is 266 g/mol. The second kappa shape index (κ2) is 5.35. The number of rotatable bonds is 5. The molecule has 0 spiro atoms. The van der Waals surface area contributed by atoms with E-state index in [9.17, 15) is 0 Å². The summed E-state index contributed by atoms with van der Waals surface area (Å²) in [4.78, 5) is 0. The minimum absolute atomic E-state index is 0.162. The van der Waals surface area contributed by atoms with Gasteiger partial charge in [0.1, 0.15) is 0 Å². The Morgan fingerprint density at radius 2 is 1.61 bits per heavy atom. The molecule has 102 valence electrons. The lowest BCUT2D eigenvalue weighted by molar-refractivity contribution is -0.0799. The first-order valence-electron chi connectivity index (χ1n) is 6.75. The highest BCUT2D eigenvalue weighted by Gasteiger charge is 2.43. The van der Waals surface area contributed by atoms with Gasteiger partial charge in [0.15, 0.2) is 8.32 Å². The van der Waals surface area contributed by atoms with Crippen molar-refractivity contribution in [3.8, 4) is 0 Å². The summed E-state index contributed by atoms with van der Waals surface area (Å²) in [6, 6.07) is 0. The van der Waals surface area contributed by atoms with Crippen molar-refractivity contribution in [2.45, 2.75) is 64.9 Å². The van der Waals surface area contributed by atoms with Gasteiger partial charge in [-0.05, 0) is 53.7 Å². The lowest BCUT2D eigenvalue weighted by Crippen LogP contribution is -2.55. The highest BCUT2D eigenvalue weighted by atomic mass is 28.4. The first-order valence-corrected chi connectivity index (χ1v) is 10.2. The number of allylic oxidation sites excluding steroid dienone is 3. The average Bonchev–Trinajstić information content (AvgIpc) is 2.14. The van der Waals surface area contributed by atoms with E-state index in [4.69, 9.17) is 9.08 Å². The van der Waals surface area contributed by atoms with Crippen molar-refractivity contribution >= 4 is 15.2 Å². The summed E-state index contributed by atoms with van der Waals surface area (Å²) < 4.78 is 12.6. The molecule has 1 heterocycles. The van der Waals surface area contributed by atoms with E-state index in [1.165, 1.54) is 0 Å². The molecule has 0 aliphatic carbocycles. The van der Waals surface area contributed by atoms with E-state index in [0.717, 1.165) is 6.32 Å². The summed E-state index contributed by atoms with van der Waals surface area (Å²) in [5.41, 5.74) is -0.597. The molecule has 1 aliphatic heterocycles. The van der Waals surface area contributed by atoms with Crippen LogP contribution in [0.25, 0.3) is 0 Å². The Morgan fingerprint density at radius 1 is 1.00 bits per heavy atom. The van der Waals surface area contributed by atoms with Gasteiger partial charge in [0.05, 0.1) is 11.2 Å². The zero-order valence-electron chi connectivity index (χ0n) is 12.9. The van der Waals surface area contributed by atoms with E-state index in [1.54, 1.807) is 0 Å². The van der Waals surface area contributed by atoms with E-state index in [-0.39, 0.29) is 18.1 Å². The molecule has 0 fully saturated rings. The van der Waals surface area contributed by atoms with Crippen molar-refractivity contribution < 1.29 is 9.08 Å². The molecule has 0 aromatic heterocycles. The highest BCUT2D eigenvalue weighted by Crippen LogP contribution is 2.33. The van der Waals surface area contributed by atoms with Crippen molar-refractivity contribution in [3.05, 3.63) is 24.2 Å². The predicted octanol–water partition coefficient (Wildman–Crippen LogP) is 4.07. The third-order valence-electron chi connectivity index (χ3n) is 3.40. The molecule has 1 rings (SSSR count). The fourth-order valence-electron chi connectivity index (χ4n) is 2.05. The molecule has 1 aliphatic rings. The molecule has 0 saturated carbocycles. The zero-order chi connectivity index (χ0) is 14.0. The molecule has 0 aromatic rings. The maximum atomic E-state index is 6.30. The van der Waals surface area contributed by atoms with Crippen LogP contribution in [0.15, 0.2) is 24.2 Å². The fourth-order valence-corrected chi connectivity index (χ4v) is 3.83. The van der Waals surface area contributed by atoms with Gasteiger partial charge in [-0.25, -0.2) is 0 Å². The van der Waals surface area contributed by atoms with E-state index in [1.807, 2.05) is 0 Å². The van der Waals surface area contributed by atoms with Crippen LogP contribution in [0.2, 0.25) is 26.0 Å². The predicted molar refractivity (Wildman–Crippen MR) is 82.5 cm³/mol. The van der Waals surface area contributed by atoms with Gasteiger partial charge in [0, 0.05) is 0 Å². The molecule has 18 heavy (non-hydrogen) atoms. The Kier molecular flexibility index (Phi) is 4.68. The SMILES string of the molecule is CC(C)(OB1C=CC=CC1)C(C)(C)O[Si](C)(C)C. The second-order valence-electron chi connectivity index (χ2n) is 6.94. The van der Waals surface area contributed by atoms with Crippen LogP contribution < -0.4 is 0 Å². The van der Waals surface area contributed by atoms with Crippen LogP contribution in [0.1, 0.15) is 27.7 Å². The van der Waals surface area contributed by atoms with Crippen molar-refractivity contribution in [1.29, 1.82) is 0 Å². The summed E-state index contributed by atoms with van der Waals surface area (Å²) in [5.74, 6) is 2.12. The van der Waals surface area contributed by atoms with Crippen LogP contribution >= 0.6 is 0 Å². The molecule has 0 atom stereocenters. The summed E-state index contributed by atoms with van der Waals surface area (Å²) >= 11 is 0. The Balaban J connectivity index is 2.71. The van der Waals surface area contributed by atoms with Crippen LogP contribution in [-0.2, 0) is 9.08 Å². The summed E-state index contributed by atoms with van der Waals surface area (Å²) in [7, 11) is -1.58. The van der Waals surface area contributed by atoms with Gasteiger partial charge >= 0.3 is 6.92 Å². The van der Waals surface area contributed by atoms with E-state index in [2.05, 4.69) is 71.5 Å². The third kappa shape index (κ3) is 4.41. The van der Waals surface area contributed by atoms with Crippen molar-refractivity contribution in [2.75, 3.05) is 0 Å². The molecule has 0 unspecified atom stereocenters. The Labute approximate surface area is 114 Å². The number of hydrogen-bond acceptors (Lipinski definition) is 2. The van der Waals surface area contributed by atoms with Crippen LogP contribution in [-0.4, -0.2) is 26.4 Å². The van der Waals surface area contributed by atoms with Crippen LogP contribution in [0, 0.1) is 0 Å². The Bertz CT molecular complexity index is 340. The highest BCUT2D eigenvalue weighted by molar-refractivity contribution is 6.69. The summed E-state index contributed by atoms with van der Waals surface area (Å²) in [5, 5.41) is 0. The lowest BCUT2D eigenvalue weighted by atomic mass is 9.61. The maximum absolute atomic E-state index is 6.30. The molecule has 0 saturated heterocycles. The Morgan fingerprint density at radius 3 is 2.06 bits per heavy atom. The number of hydrogen-bond donors (Lipinski definition) is 0. The summed E-state index contributed by atoms with van der Waals surface area (Å²) in [6.45, 7) is 15.3. The fraction of sp³-hybridized carbons (Fsp3) is 0.714. The molecule has 0 radical (unpaired) electrons. The molecule has 0 N–H and O–H groups in total. The molecule has 0 amide bonds. The first kappa shape index (κ1) is 15.7. The van der Waals surface area contributed by atoms with Gasteiger partial charge in [-0.1, -0.05) is 24.2 Å². The minimum atomic E-state index is -1.58. The largest absolute Gasteiger partial charge is 0.424 e. The Hall–Kier alpha value is -0.318. The van der Waals surface area contributed by atoms with Gasteiger partial charge in [0.25, 0.3) is 0 Å². The second-order valence-corrected chi connectivity index (χ2v) is 11.4. The molecular formula is C14H27BO2Si. The lowest BCUT2D eigenvalue weighted by Gasteiger charge is -2.46. The van der Waals surface area contributed by atoms with E-state index >= 15 is 0 Å². The third-order valence-corrected chi connectivity index (χ3v) is 4.52. The van der Waals surface area contributed by atoms with Gasteiger partial charge in [0.2, 0.25) is 0 Å². The van der Waals surface area contributed by atoms with Gasteiger partial charge in [-0.2, -0.15) is 0 Å². The van der Waals surface area contributed by atoms with Crippen LogP contribution in [0.4, 0.5) is 0 Å². The van der Waals surface area contributed by atoms with Crippen molar-refractivity contribution in [1.82, 2.24) is 0 Å². The van der Waals surface area contributed by atoms with Gasteiger partial charge in [-0.15, -0.1) is 0 Å². The minimum Gasteiger partial charge on any atom is -0.424 e. The maximum Gasteiger partial charge on any atom is 0.323 e. The topological polar surface area (TPSA) is 18.5 Å². The monoisotopic (exact) mass is 266 g/mol.